The van der Waals surface area contributed by atoms with Gasteiger partial charge in [-0.2, -0.15) is 5.10 Å². The molecule has 6 aromatic rings. The summed E-state index contributed by atoms with van der Waals surface area (Å²) in [5.41, 5.74) is 6.82. The topological polar surface area (TPSA) is 60.4 Å². The van der Waals surface area contributed by atoms with Gasteiger partial charge in [0, 0.05) is 28.8 Å². The predicted molar refractivity (Wildman–Crippen MR) is 133 cm³/mol. The van der Waals surface area contributed by atoms with E-state index < -0.39 is 5.82 Å². The number of carbonyl (C=O) groups excluding carboxylic acids is 1. The lowest BCUT2D eigenvalue weighted by Gasteiger charge is -2.04. The largest absolute Gasteiger partial charge is 0.452 e. The molecule has 0 unspecified atom stereocenters. The van der Waals surface area contributed by atoms with Gasteiger partial charge in [0.25, 0.3) is 0 Å². The molecule has 0 saturated carbocycles. The number of hydrogen-bond donors (Lipinski definition) is 0. The number of carbonyl (C=O) groups is 1. The van der Waals surface area contributed by atoms with Crippen LogP contribution in [-0.2, 0) is 0 Å². The number of aryl methyl sites for hydroxylation is 2. The first-order valence-electron chi connectivity index (χ1n) is 11.2. The van der Waals surface area contributed by atoms with Crippen LogP contribution < -0.4 is 0 Å². The van der Waals surface area contributed by atoms with Gasteiger partial charge in [0.05, 0.1) is 17.0 Å². The van der Waals surface area contributed by atoms with Crippen molar-refractivity contribution in [3.05, 3.63) is 113 Å². The van der Waals surface area contributed by atoms with Crippen molar-refractivity contribution >= 4 is 22.4 Å². The molecular weight excluding hydrogens is 441 g/mol. The fourth-order valence-corrected chi connectivity index (χ4v) is 4.24. The van der Waals surface area contributed by atoms with Crippen molar-refractivity contribution in [2.45, 2.75) is 13.8 Å². The molecule has 6 rings (SSSR count). The molecule has 6 heteroatoms. The molecule has 0 aliphatic heterocycles. The van der Waals surface area contributed by atoms with Gasteiger partial charge in [-0.3, -0.25) is 4.79 Å². The van der Waals surface area contributed by atoms with Crippen LogP contribution >= 0.6 is 0 Å². The zero-order valence-corrected chi connectivity index (χ0v) is 19.1. The minimum atomic E-state index is -0.403. The third-order valence-electron chi connectivity index (χ3n) is 6.08. The average Bonchev–Trinajstić information content (AvgIpc) is 3.45. The molecule has 170 valence electrons. The summed E-state index contributed by atoms with van der Waals surface area (Å²) in [7, 11) is 0. The molecule has 0 saturated heterocycles. The first kappa shape index (κ1) is 21.0. The molecule has 0 bridgehead atoms. The van der Waals surface area contributed by atoms with Crippen molar-refractivity contribution in [2.75, 3.05) is 0 Å². The van der Waals surface area contributed by atoms with Crippen LogP contribution in [0.5, 0.6) is 0 Å². The van der Waals surface area contributed by atoms with E-state index in [9.17, 15) is 9.18 Å². The third-order valence-corrected chi connectivity index (χ3v) is 6.08. The van der Waals surface area contributed by atoms with Gasteiger partial charge in [0.2, 0.25) is 5.78 Å². The number of furan rings is 1. The van der Waals surface area contributed by atoms with E-state index in [1.807, 2.05) is 74.6 Å². The van der Waals surface area contributed by atoms with E-state index >= 15 is 0 Å². The monoisotopic (exact) mass is 461 g/mol. The standard InChI is InChI=1S/C29H20FN3O2/c1-17-3-6-19(7-4-17)24-16-26-31-23(13-14-33(26)32-24)27-22-15-18(2)5-12-25(22)35-29(27)28(34)20-8-10-21(30)11-9-20/h3-16H,1-2H3. The maximum atomic E-state index is 13.4. The first-order valence-corrected chi connectivity index (χ1v) is 11.2. The number of hydrogen-bond acceptors (Lipinski definition) is 4. The van der Waals surface area contributed by atoms with Crippen molar-refractivity contribution < 1.29 is 13.6 Å². The van der Waals surface area contributed by atoms with E-state index in [2.05, 4.69) is 5.10 Å². The molecule has 0 N–H and O–H groups in total. The van der Waals surface area contributed by atoms with Crippen LogP contribution in [0.25, 0.3) is 39.1 Å². The molecule has 35 heavy (non-hydrogen) atoms. The summed E-state index contributed by atoms with van der Waals surface area (Å²) < 4.78 is 21.2. The molecule has 3 aromatic carbocycles. The summed E-state index contributed by atoms with van der Waals surface area (Å²) >= 11 is 0. The number of aromatic nitrogens is 3. The van der Waals surface area contributed by atoms with Gasteiger partial charge in [0.15, 0.2) is 11.4 Å². The number of halogens is 1. The quantitative estimate of drug-likeness (QED) is 0.271. The van der Waals surface area contributed by atoms with Crippen LogP contribution in [0.3, 0.4) is 0 Å². The fourth-order valence-electron chi connectivity index (χ4n) is 4.24. The Labute approximate surface area is 200 Å². The van der Waals surface area contributed by atoms with Gasteiger partial charge in [0.1, 0.15) is 11.4 Å². The third kappa shape index (κ3) is 3.69. The Morgan fingerprint density at radius 1 is 0.857 bits per heavy atom. The Morgan fingerprint density at radius 3 is 2.37 bits per heavy atom. The minimum absolute atomic E-state index is 0.173. The van der Waals surface area contributed by atoms with Crippen LogP contribution in [0, 0.1) is 19.7 Å². The molecule has 0 aliphatic rings. The van der Waals surface area contributed by atoms with E-state index in [-0.39, 0.29) is 11.5 Å². The normalized spacial score (nSPS) is 11.4. The van der Waals surface area contributed by atoms with Gasteiger partial charge in [-0.05, 0) is 56.3 Å². The van der Waals surface area contributed by atoms with Crippen LogP contribution in [0.15, 0.2) is 89.5 Å². The van der Waals surface area contributed by atoms with Crippen LogP contribution in [0.1, 0.15) is 27.2 Å². The fraction of sp³-hybridized carbons (Fsp3) is 0.0690. The van der Waals surface area contributed by atoms with Gasteiger partial charge < -0.3 is 4.42 Å². The SMILES string of the molecule is Cc1ccc(-c2cc3nc(-c4c(C(=O)c5ccc(F)cc5)oc5ccc(C)cc45)ccn3n2)cc1. The Kier molecular flexibility index (Phi) is 4.81. The number of benzene rings is 3. The molecular formula is C29H20FN3O2. The Morgan fingerprint density at radius 2 is 1.60 bits per heavy atom. The van der Waals surface area contributed by atoms with E-state index in [0.29, 0.717) is 28.1 Å². The summed E-state index contributed by atoms with van der Waals surface area (Å²) in [5.74, 6) is -0.559. The average molecular weight is 461 g/mol. The lowest BCUT2D eigenvalue weighted by molar-refractivity contribution is 0.101. The first-order chi connectivity index (χ1) is 17.0. The van der Waals surface area contributed by atoms with E-state index in [1.165, 1.54) is 29.8 Å². The minimum Gasteiger partial charge on any atom is -0.452 e. The second kappa shape index (κ2) is 8.02. The summed E-state index contributed by atoms with van der Waals surface area (Å²) in [6.07, 6.45) is 1.83. The number of ketones is 1. The van der Waals surface area contributed by atoms with E-state index in [4.69, 9.17) is 9.40 Å². The maximum absolute atomic E-state index is 13.4. The molecule has 0 radical (unpaired) electrons. The van der Waals surface area contributed by atoms with Crippen molar-refractivity contribution in [1.82, 2.24) is 14.6 Å². The zero-order chi connectivity index (χ0) is 24.1. The smallest absolute Gasteiger partial charge is 0.228 e. The molecule has 0 aliphatic carbocycles. The number of rotatable bonds is 4. The second-order valence-corrected chi connectivity index (χ2v) is 8.65. The summed E-state index contributed by atoms with van der Waals surface area (Å²) in [6.45, 7) is 4.03. The van der Waals surface area contributed by atoms with Crippen LogP contribution in [0.4, 0.5) is 4.39 Å². The molecule has 0 amide bonds. The Bertz CT molecular complexity index is 1730. The highest BCUT2D eigenvalue weighted by molar-refractivity contribution is 6.15. The lowest BCUT2D eigenvalue weighted by atomic mass is 10.0. The highest BCUT2D eigenvalue weighted by Crippen LogP contribution is 2.36. The molecule has 0 fully saturated rings. The number of nitrogens with zero attached hydrogens (tertiary/aromatic N) is 3. The predicted octanol–water partition coefficient (Wildman–Crippen LogP) is 6.80. The van der Waals surface area contributed by atoms with Gasteiger partial charge >= 0.3 is 0 Å². The Hall–Kier alpha value is -4.58. The molecule has 5 nitrogen and oxygen atoms in total. The summed E-state index contributed by atoms with van der Waals surface area (Å²) in [4.78, 5) is 18.3. The second-order valence-electron chi connectivity index (χ2n) is 8.65. The molecule has 0 spiro atoms. The highest BCUT2D eigenvalue weighted by Gasteiger charge is 2.24. The summed E-state index contributed by atoms with van der Waals surface area (Å²) in [5, 5.41) is 5.45. The van der Waals surface area contributed by atoms with Crippen molar-refractivity contribution in [1.29, 1.82) is 0 Å². The van der Waals surface area contributed by atoms with Crippen molar-refractivity contribution in [3.63, 3.8) is 0 Å². The summed E-state index contributed by atoms with van der Waals surface area (Å²) in [6, 6.07) is 23.1. The van der Waals surface area contributed by atoms with Crippen LogP contribution in [0.2, 0.25) is 0 Å². The molecule has 3 heterocycles. The van der Waals surface area contributed by atoms with E-state index in [0.717, 1.165) is 22.2 Å². The maximum Gasteiger partial charge on any atom is 0.228 e. The Balaban J connectivity index is 1.52. The van der Waals surface area contributed by atoms with Crippen molar-refractivity contribution in [2.24, 2.45) is 0 Å². The van der Waals surface area contributed by atoms with Gasteiger partial charge in [-0.15, -0.1) is 0 Å². The van der Waals surface area contributed by atoms with Crippen molar-refractivity contribution in [3.8, 4) is 22.5 Å². The molecule has 3 aromatic heterocycles. The lowest BCUT2D eigenvalue weighted by Crippen LogP contribution is -2.02. The molecule has 0 atom stereocenters. The zero-order valence-electron chi connectivity index (χ0n) is 19.1. The van der Waals surface area contributed by atoms with E-state index in [1.54, 1.807) is 4.52 Å². The number of fused-ring (bicyclic) bond motifs is 2. The van der Waals surface area contributed by atoms with Crippen LogP contribution in [-0.4, -0.2) is 20.4 Å². The van der Waals surface area contributed by atoms with Gasteiger partial charge in [-0.1, -0.05) is 41.5 Å². The highest BCUT2D eigenvalue weighted by atomic mass is 19.1. The van der Waals surface area contributed by atoms with Gasteiger partial charge in [-0.25, -0.2) is 13.9 Å².